The van der Waals surface area contributed by atoms with E-state index < -0.39 is 0 Å². The molecule has 1 N–H and O–H groups in total. The van der Waals surface area contributed by atoms with Crippen molar-refractivity contribution in [2.24, 2.45) is 0 Å². The summed E-state index contributed by atoms with van der Waals surface area (Å²) in [4.78, 5) is 14.7. The maximum atomic E-state index is 12.2. The smallest absolute Gasteiger partial charge is 0.257 e. The fourth-order valence-electron chi connectivity index (χ4n) is 3.06. The molecule has 0 saturated carbocycles. The van der Waals surface area contributed by atoms with Crippen LogP contribution in [-0.4, -0.2) is 34.1 Å². The van der Waals surface area contributed by atoms with Gasteiger partial charge in [-0.15, -0.1) is 10.2 Å². The van der Waals surface area contributed by atoms with Crippen molar-refractivity contribution in [3.8, 4) is 0 Å². The predicted molar refractivity (Wildman–Crippen MR) is 97.3 cm³/mol. The Balaban J connectivity index is 1.56. The molecule has 0 unspecified atom stereocenters. The molecule has 0 spiro atoms. The number of nitrogens with zero attached hydrogens (tertiary/aromatic N) is 3. The van der Waals surface area contributed by atoms with Crippen molar-refractivity contribution in [3.63, 3.8) is 0 Å². The molecule has 2 heterocycles. The highest BCUT2D eigenvalue weighted by Gasteiger charge is 2.10. The Morgan fingerprint density at radius 3 is 2.33 bits per heavy atom. The number of carbonyl (C=O) groups excluding carboxylic acids is 1. The van der Waals surface area contributed by atoms with Gasteiger partial charge < -0.3 is 0 Å². The highest BCUT2D eigenvalue weighted by Crippen LogP contribution is 2.15. The normalized spacial score (nSPS) is 16.8. The average Bonchev–Trinajstić information content (AvgIpc) is 3.13. The topological polar surface area (TPSA) is 58.1 Å². The number of nitrogens with one attached hydrogen (secondary N) is 1. The summed E-state index contributed by atoms with van der Waals surface area (Å²) in [7, 11) is 0. The third-order valence-corrected chi connectivity index (χ3v) is 5.01. The molecule has 5 nitrogen and oxygen atoms in total. The molecule has 1 amide bonds. The number of hydrogen-bond acceptors (Lipinski definition) is 5. The first-order valence-corrected chi connectivity index (χ1v) is 9.58. The van der Waals surface area contributed by atoms with Crippen LogP contribution in [0.15, 0.2) is 29.8 Å². The van der Waals surface area contributed by atoms with Gasteiger partial charge in [-0.05, 0) is 43.6 Å². The molecule has 1 aromatic carbocycles. The molecule has 1 aliphatic rings. The van der Waals surface area contributed by atoms with E-state index >= 15 is 0 Å². The SMILES string of the molecule is O=C(Nc1nncs1)c1ccc(CN2CCCCCCCC2)cc1. The van der Waals surface area contributed by atoms with E-state index in [4.69, 9.17) is 0 Å². The van der Waals surface area contributed by atoms with Gasteiger partial charge in [0.15, 0.2) is 0 Å². The van der Waals surface area contributed by atoms with E-state index in [-0.39, 0.29) is 5.91 Å². The Kier molecular flexibility index (Phi) is 6.32. The van der Waals surface area contributed by atoms with Crippen LogP contribution in [0.25, 0.3) is 0 Å². The number of carbonyl (C=O) groups is 1. The van der Waals surface area contributed by atoms with Crippen LogP contribution in [-0.2, 0) is 6.54 Å². The Labute approximate surface area is 147 Å². The van der Waals surface area contributed by atoms with Crippen LogP contribution in [0.5, 0.6) is 0 Å². The Hall–Kier alpha value is -1.79. The Bertz CT molecular complexity index is 617. The lowest BCUT2D eigenvalue weighted by atomic mass is 10.1. The van der Waals surface area contributed by atoms with Crippen LogP contribution >= 0.6 is 11.3 Å². The second kappa shape index (κ2) is 8.89. The molecule has 0 atom stereocenters. The first kappa shape index (κ1) is 17.0. The molecule has 24 heavy (non-hydrogen) atoms. The highest BCUT2D eigenvalue weighted by atomic mass is 32.1. The van der Waals surface area contributed by atoms with Crippen molar-refractivity contribution in [2.45, 2.75) is 45.1 Å². The molecule has 1 aromatic heterocycles. The van der Waals surface area contributed by atoms with E-state index in [1.807, 2.05) is 12.1 Å². The van der Waals surface area contributed by atoms with Crippen molar-refractivity contribution in [3.05, 3.63) is 40.9 Å². The minimum absolute atomic E-state index is 0.138. The quantitative estimate of drug-likeness (QED) is 0.912. The van der Waals surface area contributed by atoms with Gasteiger partial charge in [-0.1, -0.05) is 49.2 Å². The first-order valence-electron chi connectivity index (χ1n) is 8.70. The predicted octanol–water partition coefficient (Wildman–Crippen LogP) is 3.95. The third-order valence-electron chi connectivity index (χ3n) is 4.40. The van der Waals surface area contributed by atoms with Crippen LogP contribution < -0.4 is 5.32 Å². The summed E-state index contributed by atoms with van der Waals surface area (Å²) in [5.41, 5.74) is 3.52. The van der Waals surface area contributed by atoms with Crippen molar-refractivity contribution in [1.82, 2.24) is 15.1 Å². The molecule has 6 heteroatoms. The van der Waals surface area contributed by atoms with Crippen molar-refractivity contribution < 1.29 is 4.79 Å². The summed E-state index contributed by atoms with van der Waals surface area (Å²) in [5.74, 6) is -0.138. The van der Waals surface area contributed by atoms with Gasteiger partial charge in [0.2, 0.25) is 5.13 Å². The minimum Gasteiger partial charge on any atom is -0.299 e. The summed E-state index contributed by atoms with van der Waals surface area (Å²) >= 11 is 1.32. The molecule has 0 bridgehead atoms. The van der Waals surface area contributed by atoms with E-state index in [1.165, 1.54) is 68.5 Å². The van der Waals surface area contributed by atoms with Crippen molar-refractivity contribution in [2.75, 3.05) is 18.4 Å². The molecule has 0 aliphatic carbocycles. The first-order chi connectivity index (χ1) is 11.8. The molecule has 128 valence electrons. The monoisotopic (exact) mass is 344 g/mol. The van der Waals surface area contributed by atoms with Gasteiger partial charge in [0.05, 0.1) is 0 Å². The molecular formula is C18H24N4OS. The lowest BCUT2D eigenvalue weighted by molar-refractivity contribution is 0.102. The zero-order chi connectivity index (χ0) is 16.6. The van der Waals surface area contributed by atoms with Gasteiger partial charge >= 0.3 is 0 Å². The molecular weight excluding hydrogens is 320 g/mol. The average molecular weight is 344 g/mol. The van der Waals surface area contributed by atoms with Gasteiger partial charge in [0, 0.05) is 12.1 Å². The number of rotatable bonds is 4. The third kappa shape index (κ3) is 5.11. The standard InChI is InChI=1S/C18H24N4OS/c23-17(20-18-21-19-14-24-18)16-9-7-15(8-10-16)13-22-11-5-3-1-2-4-6-12-22/h7-10,14H,1-6,11-13H2,(H,20,21,23). The largest absolute Gasteiger partial charge is 0.299 e. The molecule has 3 rings (SSSR count). The Morgan fingerprint density at radius 2 is 1.71 bits per heavy atom. The maximum absolute atomic E-state index is 12.2. The zero-order valence-corrected chi connectivity index (χ0v) is 14.7. The fraction of sp³-hybridized carbons (Fsp3) is 0.500. The summed E-state index contributed by atoms with van der Waals surface area (Å²) < 4.78 is 0. The highest BCUT2D eigenvalue weighted by molar-refractivity contribution is 7.13. The minimum atomic E-state index is -0.138. The van der Waals surface area contributed by atoms with Gasteiger partial charge in [-0.25, -0.2) is 0 Å². The van der Waals surface area contributed by atoms with Crippen molar-refractivity contribution in [1.29, 1.82) is 0 Å². The Morgan fingerprint density at radius 1 is 1.04 bits per heavy atom. The van der Waals surface area contributed by atoms with Crippen LogP contribution in [0.1, 0.15) is 54.4 Å². The zero-order valence-electron chi connectivity index (χ0n) is 13.9. The van der Waals surface area contributed by atoms with Crippen LogP contribution in [0.2, 0.25) is 0 Å². The van der Waals surface area contributed by atoms with E-state index in [9.17, 15) is 4.79 Å². The molecule has 0 radical (unpaired) electrons. The second-order valence-electron chi connectivity index (χ2n) is 6.29. The summed E-state index contributed by atoms with van der Waals surface area (Å²) in [6.07, 6.45) is 8.05. The molecule has 1 aliphatic heterocycles. The van der Waals surface area contributed by atoms with Gasteiger partial charge in [0.25, 0.3) is 5.91 Å². The molecule has 1 fully saturated rings. The van der Waals surface area contributed by atoms with E-state index in [2.05, 4.69) is 32.5 Å². The number of aromatic nitrogens is 2. The lowest BCUT2D eigenvalue weighted by Gasteiger charge is -2.21. The summed E-state index contributed by atoms with van der Waals surface area (Å²) in [6, 6.07) is 7.90. The van der Waals surface area contributed by atoms with Crippen molar-refractivity contribution >= 4 is 22.4 Å². The van der Waals surface area contributed by atoms with Crippen LogP contribution in [0.3, 0.4) is 0 Å². The van der Waals surface area contributed by atoms with Crippen LogP contribution in [0.4, 0.5) is 5.13 Å². The van der Waals surface area contributed by atoms with Gasteiger partial charge in [-0.2, -0.15) is 0 Å². The number of anilines is 1. The van der Waals surface area contributed by atoms with E-state index in [0.717, 1.165) is 6.54 Å². The number of hydrogen-bond donors (Lipinski definition) is 1. The molecule has 1 saturated heterocycles. The summed E-state index contributed by atoms with van der Waals surface area (Å²) in [5, 5.41) is 10.8. The number of benzene rings is 1. The van der Waals surface area contributed by atoms with E-state index in [1.54, 1.807) is 5.51 Å². The number of amides is 1. The van der Waals surface area contributed by atoms with Crippen LogP contribution in [0, 0.1) is 0 Å². The maximum Gasteiger partial charge on any atom is 0.257 e. The summed E-state index contributed by atoms with van der Waals surface area (Å²) in [6.45, 7) is 3.33. The van der Waals surface area contributed by atoms with Gasteiger partial charge in [0.1, 0.15) is 5.51 Å². The second-order valence-corrected chi connectivity index (χ2v) is 7.13. The fourth-order valence-corrected chi connectivity index (χ4v) is 3.50. The van der Waals surface area contributed by atoms with Gasteiger partial charge in [-0.3, -0.25) is 15.0 Å². The van der Waals surface area contributed by atoms with E-state index in [0.29, 0.717) is 10.7 Å². The molecule has 2 aromatic rings. The lowest BCUT2D eigenvalue weighted by Crippen LogP contribution is -2.25.